The third-order valence-electron chi connectivity index (χ3n) is 1.29. The molecule has 0 atom stereocenters. The van der Waals surface area contributed by atoms with Crippen molar-refractivity contribution in [3.05, 3.63) is 24.5 Å². The molecule has 0 spiro atoms. The Bertz CT molecular complexity index is 262. The molecular weight excluding hydrogens is 142 g/mol. The fourth-order valence-corrected chi connectivity index (χ4v) is 0.805. The average molecular weight is 151 g/mol. The third-order valence-corrected chi connectivity index (χ3v) is 1.29. The largest absolute Gasteiger partial charge is 0.299 e. The number of Topliss-reactive ketones (excluding diaryl/α,β-unsaturated/α-hetero) is 1. The van der Waals surface area contributed by atoms with Crippen molar-refractivity contribution < 1.29 is 9.59 Å². The fourth-order valence-electron chi connectivity index (χ4n) is 0.805. The molecule has 0 amide bonds. The van der Waals surface area contributed by atoms with E-state index in [2.05, 4.69) is 0 Å². The van der Waals surface area contributed by atoms with Gasteiger partial charge in [-0.25, -0.2) is 0 Å². The number of carbonyl (C=O) groups excluding carboxylic acids is 2. The molecule has 3 heteroatoms. The second-order valence-electron chi connectivity index (χ2n) is 2.36. The van der Waals surface area contributed by atoms with Gasteiger partial charge in [-0.05, 0) is 19.1 Å². The van der Waals surface area contributed by atoms with Gasteiger partial charge in [0.25, 0.3) is 0 Å². The highest BCUT2D eigenvalue weighted by Gasteiger charge is 2.04. The van der Waals surface area contributed by atoms with Crippen LogP contribution in [0, 0.1) is 0 Å². The number of rotatable bonds is 2. The first kappa shape index (κ1) is 7.72. The molecule has 11 heavy (non-hydrogen) atoms. The van der Waals surface area contributed by atoms with E-state index in [-0.39, 0.29) is 18.1 Å². The summed E-state index contributed by atoms with van der Waals surface area (Å²) in [6.45, 7) is 1.40. The van der Waals surface area contributed by atoms with Crippen LogP contribution >= 0.6 is 0 Å². The summed E-state index contributed by atoms with van der Waals surface area (Å²) in [5, 5.41) is 0. The van der Waals surface area contributed by atoms with E-state index >= 15 is 0 Å². The Labute approximate surface area is 64.6 Å². The number of aromatic nitrogens is 1. The fraction of sp³-hybridized carbons (Fsp3) is 0.250. The maximum Gasteiger partial charge on any atom is 0.237 e. The Morgan fingerprint density at radius 3 is 2.27 bits per heavy atom. The Morgan fingerprint density at radius 2 is 1.82 bits per heavy atom. The van der Waals surface area contributed by atoms with Crippen LogP contribution in [0.2, 0.25) is 0 Å². The Balaban J connectivity index is 2.64. The molecule has 0 fully saturated rings. The van der Waals surface area contributed by atoms with E-state index in [1.165, 1.54) is 11.5 Å². The minimum absolute atomic E-state index is 0.0192. The lowest BCUT2D eigenvalue weighted by Crippen LogP contribution is -2.11. The van der Waals surface area contributed by atoms with E-state index < -0.39 is 0 Å². The SMILES string of the molecule is CC(=O)CC(=O)n1cccc1. The van der Waals surface area contributed by atoms with E-state index in [9.17, 15) is 9.59 Å². The zero-order valence-electron chi connectivity index (χ0n) is 6.28. The standard InChI is InChI=1S/C8H9NO2/c1-7(10)6-8(11)9-4-2-3-5-9/h2-5H,6H2,1H3. The normalized spacial score (nSPS) is 9.55. The number of hydrogen-bond acceptors (Lipinski definition) is 2. The molecule has 0 N–H and O–H groups in total. The quantitative estimate of drug-likeness (QED) is 0.594. The van der Waals surface area contributed by atoms with Gasteiger partial charge in [-0.2, -0.15) is 0 Å². The third kappa shape index (κ3) is 2.04. The van der Waals surface area contributed by atoms with E-state index in [1.807, 2.05) is 0 Å². The summed E-state index contributed by atoms with van der Waals surface area (Å²) < 4.78 is 1.40. The van der Waals surface area contributed by atoms with Crippen molar-refractivity contribution in [2.24, 2.45) is 0 Å². The van der Waals surface area contributed by atoms with Crippen LogP contribution in [0.5, 0.6) is 0 Å². The lowest BCUT2D eigenvalue weighted by atomic mass is 10.3. The first-order valence-corrected chi connectivity index (χ1v) is 3.36. The molecule has 1 rings (SSSR count). The van der Waals surface area contributed by atoms with Crippen LogP contribution in [0.4, 0.5) is 0 Å². The van der Waals surface area contributed by atoms with Crippen molar-refractivity contribution in [3.63, 3.8) is 0 Å². The zero-order chi connectivity index (χ0) is 8.27. The zero-order valence-corrected chi connectivity index (χ0v) is 6.28. The minimum atomic E-state index is -0.178. The predicted molar refractivity (Wildman–Crippen MR) is 40.4 cm³/mol. The molecule has 0 saturated carbocycles. The summed E-state index contributed by atoms with van der Waals surface area (Å²) in [5.74, 6) is -0.286. The maximum absolute atomic E-state index is 11.1. The molecule has 0 aliphatic rings. The number of carbonyl (C=O) groups is 2. The number of nitrogens with zero attached hydrogens (tertiary/aromatic N) is 1. The van der Waals surface area contributed by atoms with E-state index in [1.54, 1.807) is 24.5 Å². The molecule has 0 aromatic carbocycles. The van der Waals surface area contributed by atoms with Gasteiger partial charge in [-0.3, -0.25) is 14.2 Å². The van der Waals surface area contributed by atoms with Crippen molar-refractivity contribution in [1.82, 2.24) is 4.57 Å². The van der Waals surface area contributed by atoms with Gasteiger partial charge < -0.3 is 0 Å². The molecule has 1 heterocycles. The smallest absolute Gasteiger partial charge is 0.237 e. The first-order chi connectivity index (χ1) is 5.20. The minimum Gasteiger partial charge on any atom is -0.299 e. The van der Waals surface area contributed by atoms with E-state index in [0.717, 1.165) is 0 Å². The van der Waals surface area contributed by atoms with Crippen LogP contribution in [-0.2, 0) is 4.79 Å². The van der Waals surface area contributed by atoms with Gasteiger partial charge in [0, 0.05) is 12.4 Å². The maximum atomic E-state index is 11.1. The van der Waals surface area contributed by atoms with E-state index in [0.29, 0.717) is 0 Å². The van der Waals surface area contributed by atoms with E-state index in [4.69, 9.17) is 0 Å². The van der Waals surface area contributed by atoms with Crippen molar-refractivity contribution in [3.8, 4) is 0 Å². The molecule has 0 radical (unpaired) electrons. The molecule has 0 bridgehead atoms. The molecule has 58 valence electrons. The van der Waals surface area contributed by atoms with Crippen molar-refractivity contribution in [2.75, 3.05) is 0 Å². The Kier molecular flexibility index (Phi) is 2.21. The highest BCUT2D eigenvalue weighted by atomic mass is 16.2. The molecule has 3 nitrogen and oxygen atoms in total. The lowest BCUT2D eigenvalue weighted by molar-refractivity contribution is -0.116. The average Bonchev–Trinajstić information content (AvgIpc) is 2.35. The summed E-state index contributed by atoms with van der Waals surface area (Å²) in [4.78, 5) is 21.6. The summed E-state index contributed by atoms with van der Waals surface area (Å²) in [5.41, 5.74) is 0. The molecule has 0 saturated heterocycles. The van der Waals surface area contributed by atoms with Crippen LogP contribution in [0.25, 0.3) is 0 Å². The molecule has 0 unspecified atom stereocenters. The highest BCUT2D eigenvalue weighted by Crippen LogP contribution is 1.93. The van der Waals surface area contributed by atoms with Crippen LogP contribution in [0.15, 0.2) is 24.5 Å². The van der Waals surface area contributed by atoms with Gasteiger partial charge in [-0.15, -0.1) is 0 Å². The number of ketones is 1. The monoisotopic (exact) mass is 151 g/mol. The van der Waals surface area contributed by atoms with Crippen molar-refractivity contribution in [2.45, 2.75) is 13.3 Å². The van der Waals surface area contributed by atoms with Crippen LogP contribution in [0.3, 0.4) is 0 Å². The first-order valence-electron chi connectivity index (χ1n) is 3.36. The van der Waals surface area contributed by atoms with Crippen LogP contribution in [0.1, 0.15) is 18.1 Å². The second-order valence-corrected chi connectivity index (χ2v) is 2.36. The summed E-state index contributed by atoms with van der Waals surface area (Å²) in [6.07, 6.45) is 3.24. The Hall–Kier alpha value is -1.38. The van der Waals surface area contributed by atoms with Crippen molar-refractivity contribution >= 4 is 11.7 Å². The Morgan fingerprint density at radius 1 is 1.27 bits per heavy atom. The predicted octanol–water partition coefficient (Wildman–Crippen LogP) is 1.11. The summed E-state index contributed by atoms with van der Waals surface area (Å²) in [6, 6.07) is 3.50. The van der Waals surface area contributed by atoms with Gasteiger partial charge in [0.1, 0.15) is 5.78 Å². The van der Waals surface area contributed by atoms with Gasteiger partial charge in [-0.1, -0.05) is 0 Å². The van der Waals surface area contributed by atoms with Gasteiger partial charge in [0.15, 0.2) is 0 Å². The van der Waals surface area contributed by atoms with Gasteiger partial charge in [0.05, 0.1) is 6.42 Å². The van der Waals surface area contributed by atoms with Gasteiger partial charge >= 0.3 is 0 Å². The highest BCUT2D eigenvalue weighted by molar-refractivity contribution is 5.97. The molecule has 1 aromatic heterocycles. The summed E-state index contributed by atoms with van der Waals surface area (Å²) in [7, 11) is 0. The van der Waals surface area contributed by atoms with Crippen LogP contribution < -0.4 is 0 Å². The van der Waals surface area contributed by atoms with Gasteiger partial charge in [0.2, 0.25) is 5.91 Å². The lowest BCUT2D eigenvalue weighted by Gasteiger charge is -1.96. The second kappa shape index (κ2) is 3.14. The topological polar surface area (TPSA) is 39.1 Å². The molecule has 0 aliphatic carbocycles. The number of hydrogen-bond donors (Lipinski definition) is 0. The van der Waals surface area contributed by atoms with Crippen molar-refractivity contribution in [1.29, 1.82) is 0 Å². The summed E-state index contributed by atoms with van der Waals surface area (Å²) >= 11 is 0. The molecular formula is C8H9NO2. The molecule has 0 aliphatic heterocycles. The molecule has 1 aromatic rings. The van der Waals surface area contributed by atoms with Crippen LogP contribution in [-0.4, -0.2) is 16.3 Å².